The number of hydrogen-bond donors (Lipinski definition) is 3. The van der Waals surface area contributed by atoms with Crippen molar-refractivity contribution in [1.82, 2.24) is 19.9 Å². The van der Waals surface area contributed by atoms with Gasteiger partial charge < -0.3 is 21.1 Å². The molecule has 0 aliphatic carbocycles. The average Bonchev–Trinajstić information content (AvgIpc) is 2.81. The molecule has 1 saturated heterocycles. The zero-order valence-electron chi connectivity index (χ0n) is 19.8. The molecule has 1 aliphatic heterocycles. The Morgan fingerprint density at radius 1 is 1.14 bits per heavy atom. The fourth-order valence-electron chi connectivity index (χ4n) is 4.15. The van der Waals surface area contributed by atoms with Crippen LogP contribution in [0, 0.1) is 17.0 Å². The Labute approximate surface area is 202 Å². The number of piperazine rings is 1. The van der Waals surface area contributed by atoms with Crippen LogP contribution in [0.4, 0.5) is 14.6 Å². The molecule has 0 unspecified atom stereocenters. The molecule has 0 spiro atoms. The highest BCUT2D eigenvalue weighted by Gasteiger charge is 2.24. The molecule has 35 heavy (non-hydrogen) atoms. The number of pyridine rings is 1. The van der Waals surface area contributed by atoms with Crippen molar-refractivity contribution in [2.75, 3.05) is 31.1 Å². The first-order chi connectivity index (χ1) is 16.7. The van der Waals surface area contributed by atoms with E-state index in [-0.39, 0.29) is 0 Å². The molecule has 10 heteroatoms. The number of anilines is 1. The van der Waals surface area contributed by atoms with Gasteiger partial charge in [-0.1, -0.05) is 6.07 Å². The lowest BCUT2D eigenvalue weighted by molar-refractivity contribution is 0.0800. The van der Waals surface area contributed by atoms with Crippen molar-refractivity contribution in [2.24, 2.45) is 5.73 Å². The summed E-state index contributed by atoms with van der Waals surface area (Å²) in [6, 6.07) is 5.44. The fraction of sp³-hybridized carbons (Fsp3) is 0.360. The van der Waals surface area contributed by atoms with Crippen molar-refractivity contribution in [3.8, 4) is 0 Å². The lowest BCUT2D eigenvalue weighted by atomic mass is 10.0. The van der Waals surface area contributed by atoms with Crippen LogP contribution in [0.5, 0.6) is 0 Å². The number of rotatable bonds is 7. The molecular weight excluding hydrogens is 452 g/mol. The lowest BCUT2D eigenvalue weighted by Crippen LogP contribution is -2.46. The smallest absolute Gasteiger partial charge is 0.156 e. The van der Waals surface area contributed by atoms with E-state index in [1.807, 2.05) is 0 Å². The lowest BCUT2D eigenvalue weighted by Gasteiger charge is -2.36. The number of allylic oxidation sites excluding steroid dienone is 1. The normalized spacial score (nSPS) is 15.6. The van der Waals surface area contributed by atoms with Crippen LogP contribution < -0.4 is 10.6 Å². The van der Waals surface area contributed by atoms with Gasteiger partial charge in [0.25, 0.3) is 0 Å². The van der Waals surface area contributed by atoms with Crippen LogP contribution in [-0.4, -0.2) is 63.0 Å². The van der Waals surface area contributed by atoms with E-state index in [4.69, 9.17) is 21.1 Å². The Hall–Kier alpha value is -3.50. The highest BCUT2D eigenvalue weighted by Crippen LogP contribution is 2.27. The molecule has 4 rings (SSSR count). The second kappa shape index (κ2) is 10.0. The number of nitrogens with two attached hydrogens (primary N) is 1. The third-order valence-corrected chi connectivity index (χ3v) is 5.89. The summed E-state index contributed by atoms with van der Waals surface area (Å²) in [4.78, 5) is 18.2. The maximum absolute atomic E-state index is 14.1. The summed E-state index contributed by atoms with van der Waals surface area (Å²) < 4.78 is 27.3. The molecular formula is C25H29F2N7O. The SMILES string of the molecule is CC(C)(O)Cc1cc2nc(/C(C=N)=C/N)c(N3CCN(Cc4ccc(F)cc4F)CC3)nc2cn1. The van der Waals surface area contributed by atoms with Gasteiger partial charge in [-0.25, -0.2) is 18.7 Å². The Morgan fingerprint density at radius 2 is 1.89 bits per heavy atom. The standard InChI is InChI=1S/C25H29F2N7O/c1-25(2,35)11-19-10-21-22(14-30-19)32-24(23(31-21)17(12-28)13-29)34-7-5-33(6-8-34)15-16-3-4-18(26)9-20(16)27/h3-4,9-10,12-14,28,35H,5-8,11,15,29H2,1-2H3/b17-13+,28-12?. The van der Waals surface area contributed by atoms with Gasteiger partial charge in [-0.2, -0.15) is 0 Å². The minimum atomic E-state index is -0.912. The number of halogens is 2. The summed E-state index contributed by atoms with van der Waals surface area (Å²) in [7, 11) is 0. The van der Waals surface area contributed by atoms with Crippen LogP contribution in [0.25, 0.3) is 16.6 Å². The maximum Gasteiger partial charge on any atom is 0.156 e. The summed E-state index contributed by atoms with van der Waals surface area (Å²) in [6.07, 6.45) is 4.48. The minimum absolute atomic E-state index is 0.364. The molecule has 1 fully saturated rings. The Bertz CT molecular complexity index is 1260. The Balaban J connectivity index is 1.59. The van der Waals surface area contributed by atoms with Crippen molar-refractivity contribution in [1.29, 1.82) is 5.41 Å². The summed E-state index contributed by atoms with van der Waals surface area (Å²) in [5.41, 5.74) is 8.15. The van der Waals surface area contributed by atoms with E-state index in [1.54, 1.807) is 26.1 Å². The van der Waals surface area contributed by atoms with Gasteiger partial charge in [0.2, 0.25) is 0 Å². The summed E-state index contributed by atoms with van der Waals surface area (Å²) >= 11 is 0. The van der Waals surface area contributed by atoms with Gasteiger partial charge in [0.15, 0.2) is 5.82 Å². The quantitative estimate of drug-likeness (QED) is 0.445. The van der Waals surface area contributed by atoms with E-state index >= 15 is 0 Å². The van der Waals surface area contributed by atoms with Gasteiger partial charge in [0, 0.05) is 74.5 Å². The number of nitrogens with zero attached hydrogens (tertiary/aromatic N) is 5. The molecule has 3 aromatic rings. The highest BCUT2D eigenvalue weighted by atomic mass is 19.1. The Kier molecular flexibility index (Phi) is 7.04. The topological polar surface area (TPSA) is 115 Å². The van der Waals surface area contributed by atoms with Gasteiger partial charge in [0.05, 0.1) is 17.3 Å². The predicted octanol–water partition coefficient (Wildman–Crippen LogP) is 2.89. The molecule has 1 aliphatic rings. The van der Waals surface area contributed by atoms with Gasteiger partial charge in [-0.05, 0) is 26.0 Å². The minimum Gasteiger partial charge on any atom is -0.404 e. The number of aromatic nitrogens is 3. The number of fused-ring (bicyclic) bond motifs is 1. The van der Waals surface area contributed by atoms with Gasteiger partial charge >= 0.3 is 0 Å². The largest absolute Gasteiger partial charge is 0.404 e. The van der Waals surface area contributed by atoms with E-state index in [1.165, 1.54) is 18.3 Å². The van der Waals surface area contributed by atoms with Crippen molar-refractivity contribution in [2.45, 2.75) is 32.4 Å². The van der Waals surface area contributed by atoms with Crippen LogP contribution in [0.3, 0.4) is 0 Å². The van der Waals surface area contributed by atoms with E-state index < -0.39 is 17.2 Å². The van der Waals surface area contributed by atoms with E-state index in [2.05, 4.69) is 14.8 Å². The molecule has 0 amide bonds. The van der Waals surface area contributed by atoms with Crippen LogP contribution in [0.15, 0.2) is 36.7 Å². The fourth-order valence-corrected chi connectivity index (χ4v) is 4.15. The highest BCUT2D eigenvalue weighted by molar-refractivity contribution is 6.09. The third-order valence-electron chi connectivity index (χ3n) is 5.89. The molecule has 1 aromatic carbocycles. The molecule has 184 valence electrons. The molecule has 0 radical (unpaired) electrons. The molecule has 0 saturated carbocycles. The first kappa shape index (κ1) is 24.6. The molecule has 0 atom stereocenters. The zero-order valence-corrected chi connectivity index (χ0v) is 19.8. The predicted molar refractivity (Wildman–Crippen MR) is 132 cm³/mol. The summed E-state index contributed by atoms with van der Waals surface area (Å²) in [6.45, 7) is 6.32. The van der Waals surface area contributed by atoms with Crippen molar-refractivity contribution in [3.05, 3.63) is 65.2 Å². The maximum atomic E-state index is 14.1. The van der Waals surface area contributed by atoms with E-state index in [9.17, 15) is 13.9 Å². The zero-order chi connectivity index (χ0) is 25.2. The van der Waals surface area contributed by atoms with Crippen molar-refractivity contribution in [3.63, 3.8) is 0 Å². The second-order valence-corrected chi connectivity index (χ2v) is 9.31. The van der Waals surface area contributed by atoms with Crippen LogP contribution >= 0.6 is 0 Å². The van der Waals surface area contributed by atoms with Gasteiger partial charge in [-0.3, -0.25) is 9.88 Å². The molecule has 3 heterocycles. The number of hydrogen-bond acceptors (Lipinski definition) is 8. The number of nitrogens with one attached hydrogen (secondary N) is 1. The van der Waals surface area contributed by atoms with Crippen molar-refractivity contribution >= 4 is 28.6 Å². The van der Waals surface area contributed by atoms with Crippen LogP contribution in [0.2, 0.25) is 0 Å². The Morgan fingerprint density at radius 3 is 2.51 bits per heavy atom. The first-order valence-electron chi connectivity index (χ1n) is 11.4. The monoisotopic (exact) mass is 481 g/mol. The van der Waals surface area contributed by atoms with Crippen molar-refractivity contribution < 1.29 is 13.9 Å². The number of benzene rings is 1. The molecule has 2 aromatic heterocycles. The number of aliphatic hydroxyl groups is 1. The van der Waals surface area contributed by atoms with Crippen LogP contribution in [0.1, 0.15) is 30.8 Å². The molecule has 4 N–H and O–H groups in total. The summed E-state index contributed by atoms with van der Waals surface area (Å²) in [5.74, 6) is -0.534. The van der Waals surface area contributed by atoms with Gasteiger partial charge in [0.1, 0.15) is 22.8 Å². The van der Waals surface area contributed by atoms with E-state index in [0.717, 1.165) is 12.3 Å². The third kappa shape index (κ3) is 5.77. The second-order valence-electron chi connectivity index (χ2n) is 9.31. The van der Waals surface area contributed by atoms with E-state index in [0.29, 0.717) is 78.5 Å². The average molecular weight is 482 g/mol. The first-order valence-corrected chi connectivity index (χ1v) is 11.4. The molecule has 0 bridgehead atoms. The molecule has 8 nitrogen and oxygen atoms in total. The van der Waals surface area contributed by atoms with Gasteiger partial charge in [-0.15, -0.1) is 0 Å². The summed E-state index contributed by atoms with van der Waals surface area (Å²) in [5, 5.41) is 17.9. The van der Waals surface area contributed by atoms with Crippen LogP contribution in [-0.2, 0) is 13.0 Å².